The summed E-state index contributed by atoms with van der Waals surface area (Å²) in [6.45, 7) is 3.88. The van der Waals surface area contributed by atoms with Crippen LogP contribution in [0.15, 0.2) is 59.9 Å². The van der Waals surface area contributed by atoms with Gasteiger partial charge in [0, 0.05) is 43.9 Å². The Labute approximate surface area is 227 Å². The molecule has 1 aromatic heterocycles. The van der Waals surface area contributed by atoms with Gasteiger partial charge in [0.2, 0.25) is 5.91 Å². The third-order valence-corrected chi connectivity index (χ3v) is 8.94. The van der Waals surface area contributed by atoms with Crippen molar-refractivity contribution in [2.75, 3.05) is 19.6 Å². The molecule has 3 aromatic rings. The van der Waals surface area contributed by atoms with E-state index in [-0.39, 0.29) is 29.0 Å². The van der Waals surface area contributed by atoms with Gasteiger partial charge in [0.05, 0.1) is 11.8 Å². The van der Waals surface area contributed by atoms with Crippen molar-refractivity contribution in [3.8, 4) is 22.3 Å². The molecule has 0 bridgehead atoms. The zero-order chi connectivity index (χ0) is 26.9. The van der Waals surface area contributed by atoms with E-state index >= 15 is 4.39 Å². The van der Waals surface area contributed by atoms with Crippen LogP contribution >= 0.6 is 0 Å². The van der Waals surface area contributed by atoms with Gasteiger partial charge in [-0.2, -0.15) is 5.10 Å². The summed E-state index contributed by atoms with van der Waals surface area (Å²) in [6, 6.07) is 13.2. The first-order chi connectivity index (χ1) is 18.7. The minimum Gasteiger partial charge on any atom is -0.342 e. The van der Waals surface area contributed by atoms with E-state index in [9.17, 15) is 9.59 Å². The Morgan fingerprint density at radius 2 is 1.72 bits per heavy atom. The summed E-state index contributed by atoms with van der Waals surface area (Å²) in [6.07, 6.45) is 7.97. The molecule has 0 unspecified atom stereocenters. The maximum absolute atomic E-state index is 15.6. The highest BCUT2D eigenvalue weighted by Crippen LogP contribution is 2.48. The van der Waals surface area contributed by atoms with E-state index in [1.807, 2.05) is 61.6 Å². The van der Waals surface area contributed by atoms with E-state index < -0.39 is 5.54 Å². The number of halogens is 1. The predicted molar refractivity (Wildman–Crippen MR) is 146 cm³/mol. The van der Waals surface area contributed by atoms with Gasteiger partial charge in [0.1, 0.15) is 17.2 Å². The number of benzene rings is 2. The molecule has 3 heterocycles. The summed E-state index contributed by atoms with van der Waals surface area (Å²) < 4.78 is 17.4. The molecule has 39 heavy (non-hydrogen) atoms. The number of aryl methyl sites for hydroxylation is 1. The van der Waals surface area contributed by atoms with Crippen LogP contribution in [0.5, 0.6) is 0 Å². The molecule has 2 aliphatic carbocycles. The Bertz CT molecular complexity index is 1520. The van der Waals surface area contributed by atoms with E-state index in [0.29, 0.717) is 37.3 Å². The Morgan fingerprint density at radius 1 is 1.03 bits per heavy atom. The van der Waals surface area contributed by atoms with Crippen molar-refractivity contribution in [2.24, 2.45) is 23.4 Å². The predicted octanol–water partition coefficient (Wildman–Crippen LogP) is 4.66. The lowest BCUT2D eigenvalue weighted by molar-refractivity contribution is -0.135. The normalized spacial score (nSPS) is 22.5. The van der Waals surface area contributed by atoms with Crippen molar-refractivity contribution in [2.45, 2.75) is 44.6 Å². The first kappa shape index (κ1) is 24.2. The van der Waals surface area contributed by atoms with E-state index in [1.54, 1.807) is 15.6 Å². The molecule has 7 nitrogen and oxygen atoms in total. The second-order valence-corrected chi connectivity index (χ2v) is 12.0. The summed E-state index contributed by atoms with van der Waals surface area (Å²) >= 11 is 0. The van der Waals surface area contributed by atoms with Gasteiger partial charge in [-0.15, -0.1) is 0 Å². The van der Waals surface area contributed by atoms with E-state index in [2.05, 4.69) is 5.10 Å². The molecule has 1 atom stereocenters. The standard InChI is InChI=1S/C31H32FN5O2/c1-30(10-11-30)28(38)36-14-9-20(17-36)18-37-27(34-31(12-13-31)29(37)39)25-8-7-23(15-26(25)32)21-3-5-22(6-4-21)24-16-33-35(2)19-24/h3-8,15-16,19-20H,9-14,17-18H2,1-2H3/t20-/m1/s1. The molecule has 1 saturated heterocycles. The molecule has 4 aliphatic rings. The molecule has 200 valence electrons. The quantitative estimate of drug-likeness (QED) is 0.470. The summed E-state index contributed by atoms with van der Waals surface area (Å²) in [4.78, 5) is 34.7. The summed E-state index contributed by atoms with van der Waals surface area (Å²) in [7, 11) is 1.88. The lowest BCUT2D eigenvalue weighted by Crippen LogP contribution is -2.41. The first-order valence-electron chi connectivity index (χ1n) is 13.9. The molecule has 2 amide bonds. The molecule has 1 spiro atoms. The van der Waals surface area contributed by atoms with Crippen LogP contribution in [0.2, 0.25) is 0 Å². The topological polar surface area (TPSA) is 70.8 Å². The zero-order valence-corrected chi connectivity index (χ0v) is 22.4. The van der Waals surface area contributed by atoms with Crippen LogP contribution in [0.3, 0.4) is 0 Å². The number of likely N-dealkylation sites (tertiary alicyclic amines) is 1. The van der Waals surface area contributed by atoms with Crippen molar-refractivity contribution < 1.29 is 14.0 Å². The number of aromatic nitrogens is 2. The Kier molecular flexibility index (Phi) is 5.34. The van der Waals surface area contributed by atoms with Crippen LogP contribution in [0.1, 0.15) is 44.6 Å². The number of carbonyl (C=O) groups is 2. The maximum Gasteiger partial charge on any atom is 0.256 e. The molecule has 2 aliphatic heterocycles. The molecule has 3 fully saturated rings. The van der Waals surface area contributed by atoms with Crippen LogP contribution in [0.25, 0.3) is 22.3 Å². The molecule has 0 radical (unpaired) electrons. The molecular formula is C31H32FN5O2. The maximum atomic E-state index is 15.6. The smallest absolute Gasteiger partial charge is 0.256 e. The van der Waals surface area contributed by atoms with Crippen molar-refractivity contribution in [3.05, 3.63) is 66.2 Å². The van der Waals surface area contributed by atoms with Gasteiger partial charge in [0.25, 0.3) is 5.91 Å². The molecular weight excluding hydrogens is 493 g/mol. The number of aliphatic imine (C=N–C) groups is 1. The van der Waals surface area contributed by atoms with Gasteiger partial charge in [0.15, 0.2) is 0 Å². The highest BCUT2D eigenvalue weighted by molar-refractivity contribution is 6.16. The molecule has 2 saturated carbocycles. The molecule has 2 aromatic carbocycles. The molecule has 7 rings (SSSR count). The van der Waals surface area contributed by atoms with E-state index in [4.69, 9.17) is 4.99 Å². The second-order valence-electron chi connectivity index (χ2n) is 12.0. The van der Waals surface area contributed by atoms with E-state index in [1.165, 1.54) is 6.07 Å². The van der Waals surface area contributed by atoms with Crippen LogP contribution in [0, 0.1) is 17.2 Å². The Hall–Kier alpha value is -3.81. The number of hydrogen-bond donors (Lipinski definition) is 0. The highest BCUT2D eigenvalue weighted by atomic mass is 19.1. The summed E-state index contributed by atoms with van der Waals surface area (Å²) in [5.41, 5.74) is 3.22. The monoisotopic (exact) mass is 525 g/mol. The largest absolute Gasteiger partial charge is 0.342 e. The average Bonchev–Trinajstić information content (AvgIpc) is 3.74. The van der Waals surface area contributed by atoms with Gasteiger partial charge in [-0.1, -0.05) is 37.3 Å². The third-order valence-electron chi connectivity index (χ3n) is 8.94. The van der Waals surface area contributed by atoms with Gasteiger partial charge < -0.3 is 4.90 Å². The van der Waals surface area contributed by atoms with Crippen LogP contribution in [0.4, 0.5) is 4.39 Å². The Balaban J connectivity index is 1.11. The van der Waals surface area contributed by atoms with Crippen molar-refractivity contribution >= 4 is 17.6 Å². The third kappa shape index (κ3) is 4.17. The number of carbonyl (C=O) groups excluding carboxylic acids is 2. The van der Waals surface area contributed by atoms with Crippen LogP contribution < -0.4 is 0 Å². The minimum atomic E-state index is -0.710. The second kappa shape index (κ2) is 8.60. The molecule has 8 heteroatoms. The van der Waals surface area contributed by atoms with Crippen LogP contribution in [-0.2, 0) is 16.6 Å². The van der Waals surface area contributed by atoms with Gasteiger partial charge in [-0.25, -0.2) is 4.39 Å². The van der Waals surface area contributed by atoms with Crippen molar-refractivity contribution in [1.29, 1.82) is 0 Å². The molecule has 0 N–H and O–H groups in total. The fraction of sp³-hybridized carbons (Fsp3) is 0.419. The van der Waals surface area contributed by atoms with Crippen LogP contribution in [-0.4, -0.2) is 62.4 Å². The Morgan fingerprint density at radius 3 is 2.33 bits per heavy atom. The van der Waals surface area contributed by atoms with E-state index in [0.717, 1.165) is 48.1 Å². The SMILES string of the molecule is Cn1cc(-c2ccc(-c3ccc(C4=NC5(CC5)C(=O)N4C[C@@H]4CCN(C(=O)C5(C)CC5)C4)c(F)c3)cc2)cn1. The van der Waals surface area contributed by atoms with Gasteiger partial charge in [-0.3, -0.25) is 24.2 Å². The average molecular weight is 526 g/mol. The fourth-order valence-electron chi connectivity index (χ4n) is 5.99. The lowest BCUT2D eigenvalue weighted by Gasteiger charge is -2.24. The fourth-order valence-corrected chi connectivity index (χ4v) is 5.99. The summed E-state index contributed by atoms with van der Waals surface area (Å²) in [5.74, 6) is 0.432. The number of rotatable bonds is 6. The first-order valence-corrected chi connectivity index (χ1v) is 13.9. The number of amides is 2. The van der Waals surface area contributed by atoms with Crippen molar-refractivity contribution in [1.82, 2.24) is 19.6 Å². The van der Waals surface area contributed by atoms with Gasteiger partial charge >= 0.3 is 0 Å². The summed E-state index contributed by atoms with van der Waals surface area (Å²) in [5, 5.41) is 4.22. The number of amidine groups is 1. The number of nitrogens with zero attached hydrogens (tertiary/aromatic N) is 5. The van der Waals surface area contributed by atoms with Crippen molar-refractivity contribution in [3.63, 3.8) is 0 Å². The van der Waals surface area contributed by atoms with Gasteiger partial charge in [-0.05, 0) is 66.8 Å². The lowest BCUT2D eigenvalue weighted by atomic mass is 10.00. The zero-order valence-electron chi connectivity index (χ0n) is 22.4. The highest BCUT2D eigenvalue weighted by Gasteiger charge is 2.58. The minimum absolute atomic E-state index is 0.0223. The number of hydrogen-bond acceptors (Lipinski definition) is 4.